The maximum absolute atomic E-state index is 11.6. The molecule has 112 valence electrons. The van der Waals surface area contributed by atoms with Crippen molar-refractivity contribution >= 4 is 6.03 Å². The van der Waals surface area contributed by atoms with Crippen LogP contribution in [0.15, 0.2) is 0 Å². The summed E-state index contributed by atoms with van der Waals surface area (Å²) in [4.78, 5) is 16.2. The van der Waals surface area contributed by atoms with Crippen LogP contribution in [0.3, 0.4) is 0 Å². The number of hydrogen-bond acceptors (Lipinski definition) is 4. The highest BCUT2D eigenvalue weighted by Gasteiger charge is 2.16. The predicted molar refractivity (Wildman–Crippen MR) is 76.3 cm³/mol. The van der Waals surface area contributed by atoms with E-state index in [1.54, 1.807) is 0 Å². The maximum Gasteiger partial charge on any atom is 0.315 e. The van der Waals surface area contributed by atoms with Crippen LogP contribution in [0.5, 0.6) is 0 Å². The molecule has 1 saturated heterocycles. The molecule has 0 atom stereocenters. The molecule has 0 radical (unpaired) electrons. The van der Waals surface area contributed by atoms with Gasteiger partial charge >= 0.3 is 6.03 Å². The Morgan fingerprint density at radius 2 is 1.63 bits per heavy atom. The van der Waals surface area contributed by atoms with E-state index in [9.17, 15) is 4.79 Å². The summed E-state index contributed by atoms with van der Waals surface area (Å²) in [6, 6.07) is -0.105. The standard InChI is InChI=1S/C13H28N4O2/c1-13(2,3)15-12(19)14-4-5-16-6-8-17(9-7-16)10-11-18/h18H,4-11H2,1-3H3,(H2,14,15,19). The molecule has 0 saturated carbocycles. The van der Waals surface area contributed by atoms with E-state index in [4.69, 9.17) is 5.11 Å². The molecular weight excluding hydrogens is 244 g/mol. The van der Waals surface area contributed by atoms with Crippen LogP contribution in [-0.4, -0.2) is 78.9 Å². The van der Waals surface area contributed by atoms with Gasteiger partial charge in [-0.25, -0.2) is 4.79 Å². The maximum atomic E-state index is 11.6. The number of piperazine rings is 1. The second-order valence-electron chi connectivity index (χ2n) is 6.04. The summed E-state index contributed by atoms with van der Waals surface area (Å²) in [6.45, 7) is 12.4. The van der Waals surface area contributed by atoms with Gasteiger partial charge in [-0.1, -0.05) is 0 Å². The van der Waals surface area contributed by atoms with E-state index in [1.165, 1.54) is 0 Å². The normalized spacial score (nSPS) is 18.3. The van der Waals surface area contributed by atoms with Crippen LogP contribution < -0.4 is 10.6 Å². The number of aliphatic hydroxyl groups is 1. The minimum atomic E-state index is -0.194. The van der Waals surface area contributed by atoms with Crippen LogP contribution in [0.2, 0.25) is 0 Å². The quantitative estimate of drug-likeness (QED) is 0.642. The Hall–Kier alpha value is -0.850. The molecule has 1 rings (SSSR count). The van der Waals surface area contributed by atoms with E-state index in [-0.39, 0.29) is 18.2 Å². The number of β-amino-alcohol motifs (C(OH)–C–C–N with tert-alkyl or cyclic N) is 1. The summed E-state index contributed by atoms with van der Waals surface area (Å²) < 4.78 is 0. The monoisotopic (exact) mass is 272 g/mol. The van der Waals surface area contributed by atoms with E-state index >= 15 is 0 Å². The van der Waals surface area contributed by atoms with E-state index in [0.717, 1.165) is 39.3 Å². The minimum absolute atomic E-state index is 0.105. The van der Waals surface area contributed by atoms with Gasteiger partial charge in [0.05, 0.1) is 6.61 Å². The summed E-state index contributed by atoms with van der Waals surface area (Å²) in [5, 5.41) is 14.6. The van der Waals surface area contributed by atoms with Crippen molar-refractivity contribution in [3.05, 3.63) is 0 Å². The Morgan fingerprint density at radius 3 is 2.11 bits per heavy atom. The zero-order valence-electron chi connectivity index (χ0n) is 12.4. The topological polar surface area (TPSA) is 67.8 Å². The fourth-order valence-electron chi connectivity index (χ4n) is 2.09. The molecule has 0 aromatic heterocycles. The molecule has 3 N–H and O–H groups in total. The van der Waals surface area contributed by atoms with Crippen molar-refractivity contribution in [3.8, 4) is 0 Å². The molecule has 0 spiro atoms. The summed E-state index contributed by atoms with van der Waals surface area (Å²) in [5.74, 6) is 0. The highest BCUT2D eigenvalue weighted by molar-refractivity contribution is 5.74. The SMILES string of the molecule is CC(C)(C)NC(=O)NCCN1CCN(CCO)CC1. The zero-order chi connectivity index (χ0) is 14.3. The first kappa shape index (κ1) is 16.2. The van der Waals surface area contributed by atoms with Crippen molar-refractivity contribution in [1.82, 2.24) is 20.4 Å². The molecule has 6 nitrogen and oxygen atoms in total. The van der Waals surface area contributed by atoms with Crippen molar-refractivity contribution in [2.45, 2.75) is 26.3 Å². The zero-order valence-corrected chi connectivity index (χ0v) is 12.4. The van der Waals surface area contributed by atoms with Crippen molar-refractivity contribution in [3.63, 3.8) is 0 Å². The third-order valence-electron chi connectivity index (χ3n) is 3.08. The molecule has 1 aliphatic rings. The van der Waals surface area contributed by atoms with Crippen molar-refractivity contribution < 1.29 is 9.90 Å². The Bertz CT molecular complexity index is 270. The van der Waals surface area contributed by atoms with Crippen LogP contribution in [0, 0.1) is 0 Å². The molecule has 1 fully saturated rings. The summed E-state index contributed by atoms with van der Waals surface area (Å²) in [6.07, 6.45) is 0. The lowest BCUT2D eigenvalue weighted by atomic mass is 10.1. The molecule has 0 aliphatic carbocycles. The molecule has 1 aliphatic heterocycles. The third-order valence-corrected chi connectivity index (χ3v) is 3.08. The first-order valence-corrected chi connectivity index (χ1v) is 7.02. The van der Waals surface area contributed by atoms with E-state index in [0.29, 0.717) is 6.54 Å². The van der Waals surface area contributed by atoms with E-state index < -0.39 is 0 Å². The van der Waals surface area contributed by atoms with Gasteiger partial charge in [0.25, 0.3) is 0 Å². The Labute approximate surface area is 116 Å². The van der Waals surface area contributed by atoms with Crippen LogP contribution >= 0.6 is 0 Å². The number of aliphatic hydroxyl groups excluding tert-OH is 1. The van der Waals surface area contributed by atoms with Gasteiger partial charge in [0.1, 0.15) is 0 Å². The Balaban J connectivity index is 2.09. The second-order valence-corrected chi connectivity index (χ2v) is 6.04. The van der Waals surface area contributed by atoms with Gasteiger partial charge in [0, 0.05) is 51.4 Å². The van der Waals surface area contributed by atoms with Crippen LogP contribution in [0.25, 0.3) is 0 Å². The number of nitrogens with one attached hydrogen (secondary N) is 2. The number of amides is 2. The highest BCUT2D eigenvalue weighted by Crippen LogP contribution is 2.00. The molecule has 0 unspecified atom stereocenters. The number of carbonyl (C=O) groups is 1. The van der Waals surface area contributed by atoms with Crippen molar-refractivity contribution in [2.75, 3.05) is 52.4 Å². The third kappa shape index (κ3) is 7.34. The first-order chi connectivity index (χ1) is 8.90. The van der Waals surface area contributed by atoms with Gasteiger partial charge in [0.2, 0.25) is 0 Å². The van der Waals surface area contributed by atoms with Crippen molar-refractivity contribution in [1.29, 1.82) is 0 Å². The molecule has 2 amide bonds. The Kier molecular flexibility index (Phi) is 6.54. The fraction of sp³-hybridized carbons (Fsp3) is 0.923. The van der Waals surface area contributed by atoms with Crippen molar-refractivity contribution in [2.24, 2.45) is 0 Å². The molecule has 19 heavy (non-hydrogen) atoms. The van der Waals surface area contributed by atoms with Crippen LogP contribution in [-0.2, 0) is 0 Å². The molecule has 0 aromatic rings. The smallest absolute Gasteiger partial charge is 0.315 e. The van der Waals surface area contributed by atoms with Gasteiger partial charge in [-0.3, -0.25) is 9.80 Å². The predicted octanol–water partition coefficient (Wildman–Crippen LogP) is -0.306. The summed E-state index contributed by atoms with van der Waals surface area (Å²) in [7, 11) is 0. The van der Waals surface area contributed by atoms with E-state index in [2.05, 4.69) is 20.4 Å². The lowest BCUT2D eigenvalue weighted by Gasteiger charge is -2.34. The molecule has 1 heterocycles. The van der Waals surface area contributed by atoms with Crippen LogP contribution in [0.1, 0.15) is 20.8 Å². The number of nitrogens with zero attached hydrogens (tertiary/aromatic N) is 2. The van der Waals surface area contributed by atoms with Gasteiger partial charge < -0.3 is 15.7 Å². The number of rotatable bonds is 5. The average Bonchev–Trinajstić information content (AvgIpc) is 2.29. The second kappa shape index (κ2) is 7.67. The summed E-state index contributed by atoms with van der Waals surface area (Å²) in [5.41, 5.74) is -0.194. The molecule has 6 heteroatoms. The average molecular weight is 272 g/mol. The highest BCUT2D eigenvalue weighted by atomic mass is 16.3. The van der Waals surface area contributed by atoms with E-state index in [1.807, 2.05) is 20.8 Å². The van der Waals surface area contributed by atoms with Crippen LogP contribution in [0.4, 0.5) is 4.79 Å². The van der Waals surface area contributed by atoms with Gasteiger partial charge in [-0.2, -0.15) is 0 Å². The lowest BCUT2D eigenvalue weighted by molar-refractivity contribution is 0.113. The molecular formula is C13H28N4O2. The molecule has 0 aromatic carbocycles. The number of hydrogen-bond donors (Lipinski definition) is 3. The largest absolute Gasteiger partial charge is 0.395 e. The minimum Gasteiger partial charge on any atom is -0.395 e. The van der Waals surface area contributed by atoms with Gasteiger partial charge in [0.15, 0.2) is 0 Å². The summed E-state index contributed by atoms with van der Waals surface area (Å²) >= 11 is 0. The first-order valence-electron chi connectivity index (χ1n) is 7.02. The Morgan fingerprint density at radius 1 is 1.11 bits per heavy atom. The molecule has 0 bridgehead atoms. The lowest BCUT2D eigenvalue weighted by Crippen LogP contribution is -2.51. The van der Waals surface area contributed by atoms with Gasteiger partial charge in [-0.05, 0) is 20.8 Å². The number of urea groups is 1. The van der Waals surface area contributed by atoms with Gasteiger partial charge in [-0.15, -0.1) is 0 Å². The number of carbonyl (C=O) groups excluding carboxylic acids is 1. The fourth-order valence-corrected chi connectivity index (χ4v) is 2.09.